The molecule has 1 fully saturated rings. The second kappa shape index (κ2) is 4.33. The van der Waals surface area contributed by atoms with Gasteiger partial charge in [-0.15, -0.1) is 0 Å². The topological polar surface area (TPSA) is 46.2 Å². The van der Waals surface area contributed by atoms with Gasteiger partial charge in [-0.25, -0.2) is 0 Å². The fourth-order valence-electron chi connectivity index (χ4n) is 2.33. The summed E-state index contributed by atoms with van der Waals surface area (Å²) < 4.78 is 0. The molecule has 2 rings (SSSR count). The first-order valence-corrected chi connectivity index (χ1v) is 5.70. The summed E-state index contributed by atoms with van der Waals surface area (Å²) in [7, 11) is 0. The molecule has 0 radical (unpaired) electrons. The molecule has 1 aliphatic rings. The smallest absolute Gasteiger partial charge is 0.0546 e. The molecule has 0 saturated heterocycles. The summed E-state index contributed by atoms with van der Waals surface area (Å²) in [6, 6.07) is 8.62. The number of benzene rings is 1. The van der Waals surface area contributed by atoms with Gasteiger partial charge in [0.25, 0.3) is 0 Å². The predicted molar refractivity (Wildman–Crippen MR) is 61.6 cm³/mol. The monoisotopic (exact) mass is 205 g/mol. The van der Waals surface area contributed by atoms with Crippen molar-refractivity contribution in [1.82, 2.24) is 0 Å². The van der Waals surface area contributed by atoms with Crippen LogP contribution in [0.3, 0.4) is 0 Å². The highest BCUT2D eigenvalue weighted by Gasteiger charge is 2.23. The Hall–Kier alpha value is -0.860. The van der Waals surface area contributed by atoms with Gasteiger partial charge in [0.05, 0.1) is 6.10 Å². The Morgan fingerprint density at radius 3 is 2.40 bits per heavy atom. The molecule has 2 heteroatoms. The van der Waals surface area contributed by atoms with Crippen LogP contribution in [0.2, 0.25) is 0 Å². The molecule has 3 atom stereocenters. The van der Waals surface area contributed by atoms with Gasteiger partial charge in [0.15, 0.2) is 0 Å². The molecule has 1 aliphatic carbocycles. The fourth-order valence-corrected chi connectivity index (χ4v) is 2.33. The molecule has 3 unspecified atom stereocenters. The lowest BCUT2D eigenvalue weighted by molar-refractivity contribution is 0.181. The van der Waals surface area contributed by atoms with Crippen LogP contribution in [0.5, 0.6) is 0 Å². The number of aliphatic hydroxyl groups excluding tert-OH is 1. The van der Waals surface area contributed by atoms with Crippen molar-refractivity contribution in [3.8, 4) is 0 Å². The minimum absolute atomic E-state index is 0.0943. The number of hydrogen-bond donors (Lipinski definition) is 2. The Labute approximate surface area is 91.1 Å². The van der Waals surface area contributed by atoms with Crippen LogP contribution in [-0.4, -0.2) is 11.2 Å². The van der Waals surface area contributed by atoms with E-state index in [0.29, 0.717) is 5.92 Å². The molecule has 0 bridgehead atoms. The molecule has 3 N–H and O–H groups in total. The van der Waals surface area contributed by atoms with Crippen molar-refractivity contribution in [2.75, 3.05) is 0 Å². The first-order chi connectivity index (χ1) is 7.16. The van der Waals surface area contributed by atoms with Crippen molar-refractivity contribution in [2.45, 2.75) is 44.2 Å². The summed E-state index contributed by atoms with van der Waals surface area (Å²) in [6.45, 7) is 1.99. The van der Waals surface area contributed by atoms with Gasteiger partial charge < -0.3 is 10.8 Å². The van der Waals surface area contributed by atoms with E-state index in [1.807, 2.05) is 6.92 Å². The maximum Gasteiger partial charge on any atom is 0.0546 e. The van der Waals surface area contributed by atoms with E-state index in [-0.39, 0.29) is 12.1 Å². The van der Waals surface area contributed by atoms with Gasteiger partial charge in [-0.05, 0) is 43.2 Å². The highest BCUT2D eigenvalue weighted by atomic mass is 16.3. The zero-order chi connectivity index (χ0) is 10.8. The predicted octanol–water partition coefficient (Wildman–Crippen LogP) is 2.33. The minimum Gasteiger partial charge on any atom is -0.393 e. The molecular weight excluding hydrogens is 186 g/mol. The Bertz CT molecular complexity index is 318. The number of nitrogens with two attached hydrogens (primary N) is 1. The van der Waals surface area contributed by atoms with Crippen LogP contribution >= 0.6 is 0 Å². The van der Waals surface area contributed by atoms with Crippen LogP contribution in [-0.2, 0) is 0 Å². The molecule has 1 aromatic carbocycles. The lowest BCUT2D eigenvalue weighted by Gasteiger charge is -2.11. The summed E-state index contributed by atoms with van der Waals surface area (Å²) in [5.74, 6) is 0.544. The summed E-state index contributed by atoms with van der Waals surface area (Å²) >= 11 is 0. The average molecular weight is 205 g/mol. The van der Waals surface area contributed by atoms with Gasteiger partial charge in [-0.3, -0.25) is 0 Å². The first-order valence-electron chi connectivity index (χ1n) is 5.70. The molecule has 2 nitrogen and oxygen atoms in total. The SMILES string of the molecule is CC(N)c1ccc(C2CCC(O)C2)cc1. The molecule has 0 aromatic heterocycles. The lowest BCUT2D eigenvalue weighted by Crippen LogP contribution is -2.05. The Kier molecular flexibility index (Phi) is 3.08. The summed E-state index contributed by atoms with van der Waals surface area (Å²) in [4.78, 5) is 0. The number of aliphatic hydroxyl groups is 1. The molecule has 0 aliphatic heterocycles. The average Bonchev–Trinajstić information content (AvgIpc) is 2.65. The summed E-state index contributed by atoms with van der Waals surface area (Å²) in [6.07, 6.45) is 2.87. The van der Waals surface area contributed by atoms with E-state index >= 15 is 0 Å². The molecule has 0 spiro atoms. The zero-order valence-electron chi connectivity index (χ0n) is 9.19. The maximum absolute atomic E-state index is 9.48. The Balaban J connectivity index is 2.10. The van der Waals surface area contributed by atoms with Crippen LogP contribution < -0.4 is 5.73 Å². The maximum atomic E-state index is 9.48. The van der Waals surface area contributed by atoms with Crippen molar-refractivity contribution in [3.63, 3.8) is 0 Å². The van der Waals surface area contributed by atoms with Crippen LogP contribution in [0.25, 0.3) is 0 Å². The van der Waals surface area contributed by atoms with Gasteiger partial charge in [0.1, 0.15) is 0 Å². The summed E-state index contributed by atoms with van der Waals surface area (Å²) in [5.41, 5.74) is 8.32. The first kappa shape index (κ1) is 10.7. The molecular formula is C13H19NO. The summed E-state index contributed by atoms with van der Waals surface area (Å²) in [5, 5.41) is 9.48. The van der Waals surface area contributed by atoms with Gasteiger partial charge >= 0.3 is 0 Å². The molecule has 15 heavy (non-hydrogen) atoms. The van der Waals surface area contributed by atoms with Gasteiger partial charge in [-0.2, -0.15) is 0 Å². The zero-order valence-corrected chi connectivity index (χ0v) is 9.19. The quantitative estimate of drug-likeness (QED) is 0.778. The molecule has 82 valence electrons. The van der Waals surface area contributed by atoms with E-state index in [0.717, 1.165) is 19.3 Å². The largest absolute Gasteiger partial charge is 0.393 e. The third kappa shape index (κ3) is 2.39. The van der Waals surface area contributed by atoms with E-state index in [9.17, 15) is 5.11 Å². The number of hydrogen-bond acceptors (Lipinski definition) is 2. The van der Waals surface area contributed by atoms with Crippen LogP contribution in [0.1, 0.15) is 49.3 Å². The van der Waals surface area contributed by atoms with E-state index in [4.69, 9.17) is 5.73 Å². The molecule has 1 saturated carbocycles. The van der Waals surface area contributed by atoms with E-state index in [1.165, 1.54) is 11.1 Å². The van der Waals surface area contributed by atoms with E-state index in [2.05, 4.69) is 24.3 Å². The van der Waals surface area contributed by atoms with E-state index < -0.39 is 0 Å². The minimum atomic E-state index is -0.0943. The van der Waals surface area contributed by atoms with Gasteiger partial charge in [0, 0.05) is 6.04 Å². The standard InChI is InChI=1S/C13H19NO/c1-9(14)10-2-4-11(5-3-10)12-6-7-13(15)8-12/h2-5,9,12-13,15H,6-8,14H2,1H3. The van der Waals surface area contributed by atoms with Crippen molar-refractivity contribution < 1.29 is 5.11 Å². The number of rotatable bonds is 2. The van der Waals surface area contributed by atoms with Crippen molar-refractivity contribution >= 4 is 0 Å². The Morgan fingerprint density at radius 2 is 1.93 bits per heavy atom. The molecule has 0 amide bonds. The Morgan fingerprint density at radius 1 is 1.27 bits per heavy atom. The van der Waals surface area contributed by atoms with Crippen LogP contribution in [0, 0.1) is 0 Å². The highest BCUT2D eigenvalue weighted by Crippen LogP contribution is 2.34. The van der Waals surface area contributed by atoms with Crippen LogP contribution in [0.4, 0.5) is 0 Å². The van der Waals surface area contributed by atoms with Crippen molar-refractivity contribution in [3.05, 3.63) is 35.4 Å². The fraction of sp³-hybridized carbons (Fsp3) is 0.538. The second-order valence-corrected chi connectivity index (χ2v) is 4.62. The lowest BCUT2D eigenvalue weighted by atomic mass is 9.95. The van der Waals surface area contributed by atoms with Crippen molar-refractivity contribution in [2.24, 2.45) is 5.73 Å². The third-order valence-corrected chi connectivity index (χ3v) is 3.34. The second-order valence-electron chi connectivity index (χ2n) is 4.62. The van der Waals surface area contributed by atoms with Crippen LogP contribution in [0.15, 0.2) is 24.3 Å². The van der Waals surface area contributed by atoms with Crippen molar-refractivity contribution in [1.29, 1.82) is 0 Å². The molecule has 1 aromatic rings. The molecule has 0 heterocycles. The van der Waals surface area contributed by atoms with Gasteiger partial charge in [-0.1, -0.05) is 24.3 Å². The van der Waals surface area contributed by atoms with E-state index in [1.54, 1.807) is 0 Å². The third-order valence-electron chi connectivity index (χ3n) is 3.34. The van der Waals surface area contributed by atoms with Gasteiger partial charge in [0.2, 0.25) is 0 Å². The highest BCUT2D eigenvalue weighted by molar-refractivity contribution is 5.27. The normalized spacial score (nSPS) is 27.9.